The fourth-order valence-electron chi connectivity index (χ4n) is 1.56. The van der Waals surface area contributed by atoms with Gasteiger partial charge in [0.05, 0.1) is 0 Å². The van der Waals surface area contributed by atoms with E-state index in [2.05, 4.69) is 33.0 Å². The molecule has 96 valence electrons. The van der Waals surface area contributed by atoms with Gasteiger partial charge in [0, 0.05) is 6.54 Å². The van der Waals surface area contributed by atoms with E-state index in [4.69, 9.17) is 4.74 Å². The Morgan fingerprint density at radius 3 is 3.11 bits per heavy atom. The van der Waals surface area contributed by atoms with E-state index < -0.39 is 0 Å². The van der Waals surface area contributed by atoms with Crippen LogP contribution in [0, 0.1) is 0 Å². The second kappa shape index (κ2) is 6.76. The first kappa shape index (κ1) is 12.6. The Morgan fingerprint density at radius 2 is 2.33 bits per heavy atom. The van der Waals surface area contributed by atoms with Crippen molar-refractivity contribution in [3.8, 4) is 5.75 Å². The van der Waals surface area contributed by atoms with Gasteiger partial charge in [-0.25, -0.2) is 0 Å². The van der Waals surface area contributed by atoms with Crippen LogP contribution in [0.25, 0.3) is 0 Å². The normalized spacial score (nSPS) is 10.5. The third kappa shape index (κ3) is 3.85. The molecule has 0 saturated heterocycles. The SMILES string of the molecule is CCCNCc1cccc(OCc2ncon2)c1. The predicted octanol–water partition coefficient (Wildman–Crippen LogP) is 2.15. The Bertz CT molecular complexity index is 457. The van der Waals surface area contributed by atoms with Crippen molar-refractivity contribution in [2.24, 2.45) is 0 Å². The first-order valence-electron chi connectivity index (χ1n) is 6.06. The highest BCUT2D eigenvalue weighted by Gasteiger charge is 2.01. The first-order valence-corrected chi connectivity index (χ1v) is 6.06. The lowest BCUT2D eigenvalue weighted by atomic mass is 10.2. The van der Waals surface area contributed by atoms with Crippen LogP contribution in [0.15, 0.2) is 35.2 Å². The Hall–Kier alpha value is -1.88. The average molecular weight is 247 g/mol. The summed E-state index contributed by atoms with van der Waals surface area (Å²) in [4.78, 5) is 3.90. The number of ether oxygens (including phenoxy) is 1. The summed E-state index contributed by atoms with van der Waals surface area (Å²) in [5, 5.41) is 7.04. The highest BCUT2D eigenvalue weighted by atomic mass is 16.5. The largest absolute Gasteiger partial charge is 0.485 e. The maximum atomic E-state index is 5.58. The van der Waals surface area contributed by atoms with Gasteiger partial charge < -0.3 is 14.6 Å². The summed E-state index contributed by atoms with van der Waals surface area (Å²) in [7, 11) is 0. The Balaban J connectivity index is 1.86. The summed E-state index contributed by atoms with van der Waals surface area (Å²) >= 11 is 0. The summed E-state index contributed by atoms with van der Waals surface area (Å²) in [6.45, 7) is 4.35. The molecule has 5 nitrogen and oxygen atoms in total. The minimum Gasteiger partial charge on any atom is -0.485 e. The van der Waals surface area contributed by atoms with Gasteiger partial charge in [-0.2, -0.15) is 4.98 Å². The lowest BCUT2D eigenvalue weighted by Gasteiger charge is -2.07. The second-order valence-electron chi connectivity index (χ2n) is 3.96. The molecule has 2 rings (SSSR count). The van der Waals surface area contributed by atoms with E-state index in [1.807, 2.05) is 18.2 Å². The van der Waals surface area contributed by atoms with E-state index in [0.29, 0.717) is 12.4 Å². The molecule has 0 aliphatic heterocycles. The molecule has 18 heavy (non-hydrogen) atoms. The molecule has 0 bridgehead atoms. The van der Waals surface area contributed by atoms with E-state index in [9.17, 15) is 0 Å². The number of hydrogen-bond acceptors (Lipinski definition) is 5. The minimum absolute atomic E-state index is 0.322. The zero-order valence-electron chi connectivity index (χ0n) is 10.4. The van der Waals surface area contributed by atoms with Crippen LogP contribution in [-0.4, -0.2) is 16.7 Å². The molecule has 1 N–H and O–H groups in total. The molecule has 2 aromatic rings. The summed E-state index contributed by atoms with van der Waals surface area (Å²) in [6.07, 6.45) is 2.43. The van der Waals surface area contributed by atoms with Crippen molar-refractivity contribution < 1.29 is 9.26 Å². The molecule has 1 heterocycles. The van der Waals surface area contributed by atoms with Crippen molar-refractivity contribution in [1.82, 2.24) is 15.5 Å². The third-order valence-corrected chi connectivity index (χ3v) is 2.43. The molecule has 5 heteroatoms. The average Bonchev–Trinajstić information content (AvgIpc) is 2.90. The van der Waals surface area contributed by atoms with E-state index in [1.165, 1.54) is 12.0 Å². The van der Waals surface area contributed by atoms with Crippen molar-refractivity contribution in [3.05, 3.63) is 42.0 Å². The summed E-state index contributed by atoms with van der Waals surface area (Å²) in [5.74, 6) is 1.36. The quantitative estimate of drug-likeness (QED) is 0.760. The Morgan fingerprint density at radius 1 is 1.39 bits per heavy atom. The van der Waals surface area contributed by atoms with Gasteiger partial charge in [0.2, 0.25) is 12.2 Å². The van der Waals surface area contributed by atoms with Crippen molar-refractivity contribution in [3.63, 3.8) is 0 Å². The van der Waals surface area contributed by atoms with Gasteiger partial charge in [0.15, 0.2) is 6.61 Å². The van der Waals surface area contributed by atoms with Crippen LogP contribution in [0.4, 0.5) is 0 Å². The summed E-state index contributed by atoms with van der Waals surface area (Å²) in [6, 6.07) is 7.99. The van der Waals surface area contributed by atoms with Crippen LogP contribution >= 0.6 is 0 Å². The van der Waals surface area contributed by atoms with Crippen molar-refractivity contribution in [2.75, 3.05) is 6.54 Å². The zero-order chi connectivity index (χ0) is 12.6. The van der Waals surface area contributed by atoms with Gasteiger partial charge >= 0.3 is 0 Å². The Kier molecular flexibility index (Phi) is 4.72. The maximum Gasteiger partial charge on any atom is 0.213 e. The molecular formula is C13H17N3O2. The van der Waals surface area contributed by atoms with E-state index in [1.54, 1.807) is 0 Å². The number of benzene rings is 1. The number of hydrogen-bond donors (Lipinski definition) is 1. The highest BCUT2D eigenvalue weighted by Crippen LogP contribution is 2.14. The molecule has 0 amide bonds. The molecule has 0 fully saturated rings. The summed E-state index contributed by atoms with van der Waals surface area (Å²) < 4.78 is 10.2. The van der Waals surface area contributed by atoms with Gasteiger partial charge in [-0.05, 0) is 30.7 Å². The Labute approximate surface area is 106 Å². The molecule has 0 unspecified atom stereocenters. The lowest BCUT2D eigenvalue weighted by Crippen LogP contribution is -2.13. The number of nitrogens with one attached hydrogen (secondary N) is 1. The molecule has 0 aliphatic rings. The molecule has 1 aromatic heterocycles. The highest BCUT2D eigenvalue weighted by molar-refractivity contribution is 5.28. The monoisotopic (exact) mass is 247 g/mol. The summed E-state index contributed by atoms with van der Waals surface area (Å²) in [5.41, 5.74) is 1.20. The van der Waals surface area contributed by atoms with Gasteiger partial charge in [-0.1, -0.05) is 24.2 Å². The van der Waals surface area contributed by atoms with E-state index in [0.717, 1.165) is 25.3 Å². The number of nitrogens with zero attached hydrogens (tertiary/aromatic N) is 2. The second-order valence-corrected chi connectivity index (χ2v) is 3.96. The molecule has 1 aromatic carbocycles. The molecule has 0 saturated carbocycles. The molecular weight excluding hydrogens is 230 g/mol. The molecule has 0 radical (unpaired) electrons. The van der Waals surface area contributed by atoms with Crippen LogP contribution < -0.4 is 10.1 Å². The van der Waals surface area contributed by atoms with Crippen LogP contribution in [0.1, 0.15) is 24.7 Å². The standard InChI is InChI=1S/C13H17N3O2/c1-2-6-14-8-11-4-3-5-12(7-11)17-9-13-15-10-18-16-13/h3-5,7,10,14H,2,6,8-9H2,1H3. The molecule has 0 spiro atoms. The van der Waals surface area contributed by atoms with E-state index >= 15 is 0 Å². The van der Waals surface area contributed by atoms with Crippen LogP contribution in [0.5, 0.6) is 5.75 Å². The van der Waals surface area contributed by atoms with Gasteiger partial charge in [0.25, 0.3) is 0 Å². The van der Waals surface area contributed by atoms with Crippen LogP contribution in [-0.2, 0) is 13.2 Å². The smallest absolute Gasteiger partial charge is 0.213 e. The maximum absolute atomic E-state index is 5.58. The zero-order valence-corrected chi connectivity index (χ0v) is 10.4. The van der Waals surface area contributed by atoms with Gasteiger partial charge in [-0.3, -0.25) is 0 Å². The molecule has 0 aliphatic carbocycles. The fraction of sp³-hybridized carbons (Fsp3) is 0.385. The van der Waals surface area contributed by atoms with Crippen molar-refractivity contribution in [2.45, 2.75) is 26.5 Å². The van der Waals surface area contributed by atoms with Crippen LogP contribution in [0.3, 0.4) is 0 Å². The third-order valence-electron chi connectivity index (χ3n) is 2.43. The topological polar surface area (TPSA) is 60.2 Å². The van der Waals surface area contributed by atoms with E-state index in [-0.39, 0.29) is 0 Å². The predicted molar refractivity (Wildman–Crippen MR) is 67.1 cm³/mol. The lowest BCUT2D eigenvalue weighted by molar-refractivity contribution is 0.286. The van der Waals surface area contributed by atoms with Crippen molar-refractivity contribution >= 4 is 0 Å². The fourth-order valence-corrected chi connectivity index (χ4v) is 1.56. The number of rotatable bonds is 7. The van der Waals surface area contributed by atoms with Crippen LogP contribution in [0.2, 0.25) is 0 Å². The minimum atomic E-state index is 0.322. The van der Waals surface area contributed by atoms with Gasteiger partial charge in [0.1, 0.15) is 5.75 Å². The van der Waals surface area contributed by atoms with Gasteiger partial charge in [-0.15, -0.1) is 0 Å². The molecule has 0 atom stereocenters. The first-order chi connectivity index (χ1) is 8.88. The van der Waals surface area contributed by atoms with Crippen molar-refractivity contribution in [1.29, 1.82) is 0 Å². The number of aromatic nitrogens is 2.